The van der Waals surface area contributed by atoms with Crippen LogP contribution in [0, 0.1) is 5.82 Å². The molecule has 1 atom stereocenters. The van der Waals surface area contributed by atoms with E-state index in [1.54, 1.807) is 12.1 Å². The molecule has 0 saturated heterocycles. The first-order valence-corrected chi connectivity index (χ1v) is 6.74. The monoisotopic (exact) mass is 271 g/mol. The van der Waals surface area contributed by atoms with E-state index in [1.165, 1.54) is 12.1 Å². The number of aryl methyl sites for hydroxylation is 1. The lowest BCUT2D eigenvalue weighted by Crippen LogP contribution is -2.26. The Bertz CT molecular complexity index is 551. The molecule has 20 heavy (non-hydrogen) atoms. The maximum Gasteiger partial charge on any atom is 0.220 e. The van der Waals surface area contributed by atoms with Gasteiger partial charge in [0.1, 0.15) is 5.82 Å². The van der Waals surface area contributed by atoms with Crippen LogP contribution in [0.25, 0.3) is 0 Å². The topological polar surface area (TPSA) is 29.1 Å². The molecule has 0 saturated carbocycles. The molecule has 1 amide bonds. The van der Waals surface area contributed by atoms with Crippen molar-refractivity contribution in [3.8, 4) is 0 Å². The predicted molar refractivity (Wildman–Crippen MR) is 77.7 cm³/mol. The maximum absolute atomic E-state index is 12.8. The van der Waals surface area contributed by atoms with Gasteiger partial charge < -0.3 is 5.32 Å². The Morgan fingerprint density at radius 2 is 1.75 bits per heavy atom. The lowest BCUT2D eigenvalue weighted by Gasteiger charge is -2.14. The van der Waals surface area contributed by atoms with Gasteiger partial charge in [0, 0.05) is 6.42 Å². The first-order chi connectivity index (χ1) is 9.65. The lowest BCUT2D eigenvalue weighted by atomic mass is 10.1. The van der Waals surface area contributed by atoms with Crippen LogP contribution in [-0.4, -0.2) is 5.91 Å². The smallest absolute Gasteiger partial charge is 0.220 e. The summed E-state index contributed by atoms with van der Waals surface area (Å²) in [5.74, 6) is -0.249. The summed E-state index contributed by atoms with van der Waals surface area (Å²) in [6.45, 7) is 1.96. The molecule has 0 aliphatic rings. The molecule has 104 valence electrons. The van der Waals surface area contributed by atoms with Gasteiger partial charge in [0.15, 0.2) is 0 Å². The normalized spacial score (nSPS) is 11.9. The third-order valence-electron chi connectivity index (χ3n) is 3.23. The highest BCUT2D eigenvalue weighted by Gasteiger charge is 2.09. The van der Waals surface area contributed by atoms with Gasteiger partial charge in [-0.05, 0) is 36.6 Å². The van der Waals surface area contributed by atoms with Crippen molar-refractivity contribution in [3.05, 3.63) is 71.5 Å². The molecule has 0 unspecified atom stereocenters. The van der Waals surface area contributed by atoms with E-state index in [0.29, 0.717) is 12.8 Å². The largest absolute Gasteiger partial charge is 0.350 e. The molecule has 2 aromatic rings. The average Bonchev–Trinajstić information content (AvgIpc) is 2.47. The molecule has 0 bridgehead atoms. The van der Waals surface area contributed by atoms with Gasteiger partial charge in [0.25, 0.3) is 0 Å². The minimum atomic E-state index is -0.254. The number of halogens is 1. The van der Waals surface area contributed by atoms with Crippen molar-refractivity contribution < 1.29 is 9.18 Å². The molecule has 0 heterocycles. The highest BCUT2D eigenvalue weighted by molar-refractivity contribution is 5.76. The molecule has 0 spiro atoms. The highest BCUT2D eigenvalue weighted by Crippen LogP contribution is 2.12. The van der Waals surface area contributed by atoms with Crippen molar-refractivity contribution in [1.29, 1.82) is 0 Å². The summed E-state index contributed by atoms with van der Waals surface area (Å²) in [7, 11) is 0. The molecule has 0 aliphatic carbocycles. The molecular weight excluding hydrogens is 253 g/mol. The van der Waals surface area contributed by atoms with Crippen LogP contribution in [0.15, 0.2) is 54.6 Å². The van der Waals surface area contributed by atoms with Gasteiger partial charge in [0.2, 0.25) is 5.91 Å². The predicted octanol–water partition coefficient (Wildman–Crippen LogP) is 3.64. The average molecular weight is 271 g/mol. The summed E-state index contributed by atoms with van der Waals surface area (Å²) < 4.78 is 12.8. The summed E-state index contributed by atoms with van der Waals surface area (Å²) in [5, 5.41) is 2.96. The second kappa shape index (κ2) is 6.85. The van der Waals surface area contributed by atoms with Crippen LogP contribution in [-0.2, 0) is 11.2 Å². The third kappa shape index (κ3) is 4.19. The Hall–Kier alpha value is -2.16. The molecule has 2 rings (SSSR count). The van der Waals surface area contributed by atoms with Gasteiger partial charge in [0.05, 0.1) is 6.04 Å². The van der Waals surface area contributed by atoms with Crippen LogP contribution in [0.1, 0.15) is 30.5 Å². The van der Waals surface area contributed by atoms with Crippen LogP contribution in [0.3, 0.4) is 0 Å². The minimum absolute atomic E-state index is 0.00285. The number of carbonyl (C=O) groups is 1. The summed E-state index contributed by atoms with van der Waals surface area (Å²) in [5.41, 5.74) is 2.05. The fourth-order valence-electron chi connectivity index (χ4n) is 2.05. The van der Waals surface area contributed by atoms with E-state index in [4.69, 9.17) is 0 Å². The van der Waals surface area contributed by atoms with Crippen molar-refractivity contribution in [2.24, 2.45) is 0 Å². The number of nitrogens with one attached hydrogen (secondary N) is 1. The van der Waals surface area contributed by atoms with Crippen molar-refractivity contribution in [3.63, 3.8) is 0 Å². The lowest BCUT2D eigenvalue weighted by molar-refractivity contribution is -0.121. The zero-order valence-corrected chi connectivity index (χ0v) is 11.5. The second-order valence-electron chi connectivity index (χ2n) is 4.83. The number of hydrogen-bond donors (Lipinski definition) is 1. The summed E-state index contributed by atoms with van der Waals surface area (Å²) in [6, 6.07) is 16.1. The van der Waals surface area contributed by atoms with Gasteiger partial charge in [-0.25, -0.2) is 4.39 Å². The molecule has 2 nitrogen and oxygen atoms in total. The minimum Gasteiger partial charge on any atom is -0.350 e. The Morgan fingerprint density at radius 3 is 2.40 bits per heavy atom. The quantitative estimate of drug-likeness (QED) is 0.884. The number of carbonyl (C=O) groups excluding carboxylic acids is 1. The zero-order valence-electron chi connectivity index (χ0n) is 11.5. The van der Waals surface area contributed by atoms with Crippen molar-refractivity contribution in [2.45, 2.75) is 25.8 Å². The van der Waals surface area contributed by atoms with Crippen molar-refractivity contribution >= 4 is 5.91 Å². The van der Waals surface area contributed by atoms with E-state index in [0.717, 1.165) is 11.1 Å². The van der Waals surface area contributed by atoms with Gasteiger partial charge in [-0.2, -0.15) is 0 Å². The van der Waals surface area contributed by atoms with Crippen LogP contribution < -0.4 is 5.32 Å². The molecule has 1 N–H and O–H groups in total. The summed E-state index contributed by atoms with van der Waals surface area (Å²) in [6.07, 6.45) is 1.02. The molecule has 0 aromatic heterocycles. The molecular formula is C17H18FNO. The third-order valence-corrected chi connectivity index (χ3v) is 3.23. The van der Waals surface area contributed by atoms with E-state index >= 15 is 0 Å². The molecule has 0 aliphatic heterocycles. The molecule has 0 radical (unpaired) electrons. The number of rotatable bonds is 5. The number of benzene rings is 2. The summed E-state index contributed by atoms with van der Waals surface area (Å²) in [4.78, 5) is 11.9. The van der Waals surface area contributed by atoms with Gasteiger partial charge in [-0.3, -0.25) is 4.79 Å². The van der Waals surface area contributed by atoms with E-state index in [2.05, 4.69) is 5.32 Å². The van der Waals surface area contributed by atoms with Gasteiger partial charge in [-0.1, -0.05) is 42.5 Å². The Morgan fingerprint density at radius 1 is 1.10 bits per heavy atom. The van der Waals surface area contributed by atoms with Crippen molar-refractivity contribution in [1.82, 2.24) is 5.32 Å². The second-order valence-corrected chi connectivity index (χ2v) is 4.83. The van der Waals surface area contributed by atoms with E-state index in [-0.39, 0.29) is 17.8 Å². The van der Waals surface area contributed by atoms with E-state index in [1.807, 2.05) is 37.3 Å². The Kier molecular flexibility index (Phi) is 4.88. The zero-order chi connectivity index (χ0) is 14.4. The van der Waals surface area contributed by atoms with Gasteiger partial charge >= 0.3 is 0 Å². The van der Waals surface area contributed by atoms with Crippen LogP contribution in [0.5, 0.6) is 0 Å². The van der Waals surface area contributed by atoms with Crippen LogP contribution in [0.2, 0.25) is 0 Å². The van der Waals surface area contributed by atoms with Gasteiger partial charge in [-0.15, -0.1) is 0 Å². The standard InChI is InChI=1S/C17H18FNO/c1-13(15-5-3-2-4-6-15)19-17(20)12-9-14-7-10-16(18)11-8-14/h2-8,10-11,13H,9,12H2,1H3,(H,19,20)/t13-/m1/s1. The van der Waals surface area contributed by atoms with Crippen LogP contribution >= 0.6 is 0 Å². The van der Waals surface area contributed by atoms with E-state index < -0.39 is 0 Å². The Labute approximate surface area is 118 Å². The van der Waals surface area contributed by atoms with Crippen LogP contribution in [0.4, 0.5) is 4.39 Å². The number of hydrogen-bond acceptors (Lipinski definition) is 1. The number of amides is 1. The maximum atomic E-state index is 12.8. The first kappa shape index (κ1) is 14.3. The molecule has 3 heteroatoms. The molecule has 2 aromatic carbocycles. The SMILES string of the molecule is C[C@@H](NC(=O)CCc1ccc(F)cc1)c1ccccc1. The fourth-order valence-corrected chi connectivity index (χ4v) is 2.05. The van der Waals surface area contributed by atoms with E-state index in [9.17, 15) is 9.18 Å². The van der Waals surface area contributed by atoms with Crippen molar-refractivity contribution in [2.75, 3.05) is 0 Å². The summed E-state index contributed by atoms with van der Waals surface area (Å²) >= 11 is 0. The first-order valence-electron chi connectivity index (χ1n) is 6.74. The molecule has 0 fully saturated rings. The Balaban J connectivity index is 1.82. The fraction of sp³-hybridized carbons (Fsp3) is 0.235. The highest BCUT2D eigenvalue weighted by atomic mass is 19.1.